The summed E-state index contributed by atoms with van der Waals surface area (Å²) < 4.78 is 6.04. The van der Waals surface area contributed by atoms with Crippen LogP contribution in [0, 0.1) is 5.41 Å². The molecule has 0 spiro atoms. The largest absolute Gasteiger partial charge is 0.490 e. The summed E-state index contributed by atoms with van der Waals surface area (Å²) >= 11 is 0. The lowest BCUT2D eigenvalue weighted by Gasteiger charge is -2.34. The molecular weight excluding hydrogens is 210 g/mol. The van der Waals surface area contributed by atoms with E-state index in [9.17, 15) is 0 Å². The van der Waals surface area contributed by atoms with Gasteiger partial charge in [0.1, 0.15) is 5.75 Å². The molecule has 0 aromatic heterocycles. The lowest BCUT2D eigenvalue weighted by molar-refractivity contribution is 0.0987. The van der Waals surface area contributed by atoms with E-state index in [4.69, 9.17) is 10.5 Å². The van der Waals surface area contributed by atoms with Gasteiger partial charge in [0.25, 0.3) is 0 Å². The molecule has 0 unspecified atom stereocenters. The van der Waals surface area contributed by atoms with Gasteiger partial charge in [-0.2, -0.15) is 0 Å². The first-order valence-electron chi connectivity index (χ1n) is 6.55. The van der Waals surface area contributed by atoms with Gasteiger partial charge in [-0.1, -0.05) is 26.0 Å². The maximum Gasteiger partial charge on any atom is 0.120 e. The van der Waals surface area contributed by atoms with Crippen LogP contribution in [0.5, 0.6) is 5.75 Å². The van der Waals surface area contributed by atoms with Gasteiger partial charge in [-0.15, -0.1) is 0 Å². The molecule has 17 heavy (non-hydrogen) atoms. The van der Waals surface area contributed by atoms with E-state index in [0.29, 0.717) is 18.1 Å². The molecular formula is C15H23NO. The van der Waals surface area contributed by atoms with Crippen molar-refractivity contribution in [3.05, 3.63) is 29.8 Å². The van der Waals surface area contributed by atoms with Crippen LogP contribution in [0.1, 0.15) is 45.1 Å². The third-order valence-electron chi connectivity index (χ3n) is 3.72. The number of hydrogen-bond acceptors (Lipinski definition) is 2. The van der Waals surface area contributed by atoms with Gasteiger partial charge in [0.2, 0.25) is 0 Å². The summed E-state index contributed by atoms with van der Waals surface area (Å²) in [5, 5.41) is 0. The average Bonchev–Trinajstić information content (AvgIpc) is 2.32. The van der Waals surface area contributed by atoms with E-state index in [2.05, 4.69) is 19.9 Å². The van der Waals surface area contributed by atoms with Crippen LogP contribution in [-0.4, -0.2) is 6.10 Å². The molecule has 1 aliphatic rings. The Morgan fingerprint density at radius 3 is 2.65 bits per heavy atom. The fourth-order valence-corrected chi connectivity index (χ4v) is 2.43. The molecule has 0 atom stereocenters. The van der Waals surface area contributed by atoms with E-state index in [0.717, 1.165) is 11.3 Å². The van der Waals surface area contributed by atoms with E-state index in [1.807, 2.05) is 18.2 Å². The second-order valence-corrected chi connectivity index (χ2v) is 5.83. The summed E-state index contributed by atoms with van der Waals surface area (Å²) in [5.74, 6) is 0.970. The topological polar surface area (TPSA) is 35.2 Å². The van der Waals surface area contributed by atoms with Crippen LogP contribution in [0.25, 0.3) is 0 Å². The highest BCUT2D eigenvalue weighted by Gasteiger charge is 2.27. The summed E-state index contributed by atoms with van der Waals surface area (Å²) in [4.78, 5) is 0. The Kier molecular flexibility index (Phi) is 3.72. The van der Waals surface area contributed by atoms with Crippen molar-refractivity contribution >= 4 is 0 Å². The SMILES string of the molecule is CC1(C)CCC(Oc2cccc(CN)c2)CC1. The predicted octanol–water partition coefficient (Wildman–Crippen LogP) is 3.49. The number of benzene rings is 1. The highest BCUT2D eigenvalue weighted by Crippen LogP contribution is 2.36. The molecule has 0 heterocycles. The monoisotopic (exact) mass is 233 g/mol. The molecule has 0 bridgehead atoms. The first-order valence-corrected chi connectivity index (χ1v) is 6.55. The Balaban J connectivity index is 1.93. The normalized spacial score (nSPS) is 20.2. The van der Waals surface area contributed by atoms with Crippen molar-refractivity contribution in [2.75, 3.05) is 0 Å². The van der Waals surface area contributed by atoms with Gasteiger partial charge in [0, 0.05) is 6.54 Å². The minimum absolute atomic E-state index is 0.385. The Morgan fingerprint density at radius 2 is 2.00 bits per heavy atom. The Morgan fingerprint density at radius 1 is 1.29 bits per heavy atom. The fourth-order valence-electron chi connectivity index (χ4n) is 2.43. The molecule has 1 aromatic rings. The third-order valence-corrected chi connectivity index (χ3v) is 3.72. The zero-order valence-corrected chi connectivity index (χ0v) is 10.9. The maximum absolute atomic E-state index is 6.04. The van der Waals surface area contributed by atoms with Crippen LogP contribution in [-0.2, 0) is 6.54 Å². The molecule has 1 aliphatic carbocycles. The van der Waals surface area contributed by atoms with Crippen LogP contribution < -0.4 is 10.5 Å². The van der Waals surface area contributed by atoms with E-state index in [1.54, 1.807) is 0 Å². The molecule has 1 fully saturated rings. The third kappa shape index (κ3) is 3.47. The molecule has 1 saturated carbocycles. The highest BCUT2D eigenvalue weighted by molar-refractivity contribution is 5.28. The first kappa shape index (κ1) is 12.4. The van der Waals surface area contributed by atoms with Crippen molar-refractivity contribution in [2.45, 2.75) is 52.2 Å². The highest BCUT2D eigenvalue weighted by atomic mass is 16.5. The van der Waals surface area contributed by atoms with Crippen LogP contribution in [0.3, 0.4) is 0 Å². The Hall–Kier alpha value is -1.02. The number of nitrogens with two attached hydrogens (primary N) is 1. The van der Waals surface area contributed by atoms with Gasteiger partial charge in [0.15, 0.2) is 0 Å². The molecule has 2 rings (SSSR count). The molecule has 2 N–H and O–H groups in total. The van der Waals surface area contributed by atoms with Crippen molar-refractivity contribution < 1.29 is 4.74 Å². The van der Waals surface area contributed by atoms with Gasteiger partial charge in [-0.3, -0.25) is 0 Å². The minimum Gasteiger partial charge on any atom is -0.490 e. The molecule has 0 saturated heterocycles. The fraction of sp³-hybridized carbons (Fsp3) is 0.600. The summed E-state index contributed by atoms with van der Waals surface area (Å²) in [6.07, 6.45) is 5.23. The molecule has 2 nitrogen and oxygen atoms in total. The molecule has 1 aromatic carbocycles. The quantitative estimate of drug-likeness (QED) is 0.867. The first-order chi connectivity index (χ1) is 8.09. The zero-order chi connectivity index (χ0) is 12.3. The number of hydrogen-bond donors (Lipinski definition) is 1. The number of rotatable bonds is 3. The van der Waals surface area contributed by atoms with Gasteiger partial charge >= 0.3 is 0 Å². The molecule has 0 aliphatic heterocycles. The molecule has 0 radical (unpaired) electrons. The van der Waals surface area contributed by atoms with E-state index < -0.39 is 0 Å². The lowest BCUT2D eigenvalue weighted by atomic mass is 9.76. The van der Waals surface area contributed by atoms with Gasteiger partial charge in [0.05, 0.1) is 6.10 Å². The van der Waals surface area contributed by atoms with Crippen LogP contribution in [0.15, 0.2) is 24.3 Å². The molecule has 94 valence electrons. The maximum atomic E-state index is 6.04. The standard InChI is InChI=1S/C15H23NO/c1-15(2)8-6-13(7-9-15)17-14-5-3-4-12(10-14)11-16/h3-5,10,13H,6-9,11,16H2,1-2H3. The van der Waals surface area contributed by atoms with Gasteiger partial charge in [-0.05, 0) is 48.8 Å². The zero-order valence-electron chi connectivity index (χ0n) is 10.9. The van der Waals surface area contributed by atoms with Gasteiger partial charge in [-0.25, -0.2) is 0 Å². The summed E-state index contributed by atoms with van der Waals surface area (Å²) in [5.41, 5.74) is 7.27. The van der Waals surface area contributed by atoms with Gasteiger partial charge < -0.3 is 10.5 Å². The Labute approximate surface area is 104 Å². The molecule has 0 amide bonds. The Bertz CT molecular complexity index is 363. The van der Waals surface area contributed by atoms with Crippen LogP contribution in [0.4, 0.5) is 0 Å². The average molecular weight is 233 g/mol. The molecule has 2 heteroatoms. The van der Waals surface area contributed by atoms with E-state index >= 15 is 0 Å². The lowest BCUT2D eigenvalue weighted by Crippen LogP contribution is -2.28. The van der Waals surface area contributed by atoms with E-state index in [-0.39, 0.29) is 0 Å². The minimum atomic E-state index is 0.385. The van der Waals surface area contributed by atoms with Crippen molar-refractivity contribution in [2.24, 2.45) is 11.1 Å². The van der Waals surface area contributed by atoms with Crippen LogP contribution >= 0.6 is 0 Å². The second kappa shape index (κ2) is 5.09. The van der Waals surface area contributed by atoms with Crippen molar-refractivity contribution in [1.29, 1.82) is 0 Å². The second-order valence-electron chi connectivity index (χ2n) is 5.83. The van der Waals surface area contributed by atoms with Crippen LogP contribution in [0.2, 0.25) is 0 Å². The predicted molar refractivity (Wildman–Crippen MR) is 71.0 cm³/mol. The van der Waals surface area contributed by atoms with Crippen molar-refractivity contribution in [3.63, 3.8) is 0 Å². The summed E-state index contributed by atoms with van der Waals surface area (Å²) in [6.45, 7) is 5.27. The summed E-state index contributed by atoms with van der Waals surface area (Å²) in [6, 6.07) is 8.14. The van der Waals surface area contributed by atoms with Crippen molar-refractivity contribution in [3.8, 4) is 5.75 Å². The summed E-state index contributed by atoms with van der Waals surface area (Å²) in [7, 11) is 0. The number of ether oxygens (including phenoxy) is 1. The van der Waals surface area contributed by atoms with E-state index in [1.165, 1.54) is 25.7 Å². The van der Waals surface area contributed by atoms with Crippen molar-refractivity contribution in [1.82, 2.24) is 0 Å². The smallest absolute Gasteiger partial charge is 0.120 e.